The first kappa shape index (κ1) is 18.3. The summed E-state index contributed by atoms with van der Waals surface area (Å²) in [6.07, 6.45) is 0. The van der Waals surface area contributed by atoms with Crippen molar-refractivity contribution in [2.75, 3.05) is 32.2 Å². The number of ketones is 1. The average molecular weight is 344 g/mol. The average Bonchev–Trinajstić information content (AvgIpc) is 2.61. The molecule has 0 saturated carbocycles. The molecular formula is C18H20N2O5. The number of carbonyl (C=O) groups is 1. The van der Waals surface area contributed by atoms with E-state index in [2.05, 4.69) is 0 Å². The Morgan fingerprint density at radius 2 is 1.80 bits per heavy atom. The van der Waals surface area contributed by atoms with E-state index in [1.165, 1.54) is 13.0 Å². The minimum Gasteiger partial charge on any atom is -0.497 e. The maximum absolute atomic E-state index is 11.4. The van der Waals surface area contributed by atoms with Crippen LogP contribution < -0.4 is 14.4 Å². The van der Waals surface area contributed by atoms with Crippen molar-refractivity contribution in [3.8, 4) is 11.5 Å². The summed E-state index contributed by atoms with van der Waals surface area (Å²) in [5.41, 5.74) is 0.659. The van der Waals surface area contributed by atoms with Crippen molar-refractivity contribution in [2.24, 2.45) is 0 Å². The van der Waals surface area contributed by atoms with Crippen LogP contribution in [0.2, 0.25) is 0 Å². The van der Waals surface area contributed by atoms with Gasteiger partial charge in [0.15, 0.2) is 5.78 Å². The van der Waals surface area contributed by atoms with Crippen LogP contribution in [0, 0.1) is 10.1 Å². The number of likely N-dealkylation sites (N-methyl/N-ethyl adjacent to an activating group) is 1. The molecule has 0 bridgehead atoms. The van der Waals surface area contributed by atoms with Gasteiger partial charge >= 0.3 is 0 Å². The lowest BCUT2D eigenvalue weighted by Crippen LogP contribution is -2.24. The number of rotatable bonds is 8. The molecule has 0 saturated heterocycles. The number of hydrogen-bond acceptors (Lipinski definition) is 6. The van der Waals surface area contributed by atoms with Crippen LogP contribution in [-0.2, 0) is 0 Å². The Labute approximate surface area is 145 Å². The second-order valence-corrected chi connectivity index (χ2v) is 5.46. The van der Waals surface area contributed by atoms with Gasteiger partial charge in [0.05, 0.1) is 18.6 Å². The molecule has 2 aromatic rings. The van der Waals surface area contributed by atoms with E-state index in [-0.39, 0.29) is 11.5 Å². The molecule has 0 fully saturated rings. The van der Waals surface area contributed by atoms with Crippen molar-refractivity contribution in [1.29, 1.82) is 0 Å². The number of hydrogen-bond donors (Lipinski definition) is 0. The van der Waals surface area contributed by atoms with Crippen LogP contribution in [0.5, 0.6) is 11.5 Å². The zero-order valence-electron chi connectivity index (χ0n) is 14.4. The van der Waals surface area contributed by atoms with Crippen LogP contribution in [0.1, 0.15) is 17.3 Å². The zero-order chi connectivity index (χ0) is 18.4. The van der Waals surface area contributed by atoms with Crippen molar-refractivity contribution in [3.63, 3.8) is 0 Å². The van der Waals surface area contributed by atoms with E-state index < -0.39 is 4.92 Å². The van der Waals surface area contributed by atoms with Gasteiger partial charge in [-0.2, -0.15) is 0 Å². The molecule has 0 unspecified atom stereocenters. The number of anilines is 1. The third-order valence-electron chi connectivity index (χ3n) is 3.74. The third kappa shape index (κ3) is 4.69. The van der Waals surface area contributed by atoms with Gasteiger partial charge in [0.1, 0.15) is 23.8 Å². The predicted octanol–water partition coefficient (Wildman–Crippen LogP) is 3.32. The van der Waals surface area contributed by atoms with Gasteiger partial charge in [-0.15, -0.1) is 0 Å². The molecule has 0 aliphatic heterocycles. The molecule has 132 valence electrons. The van der Waals surface area contributed by atoms with Gasteiger partial charge < -0.3 is 14.4 Å². The summed E-state index contributed by atoms with van der Waals surface area (Å²) in [6, 6.07) is 11.7. The van der Waals surface area contributed by atoms with Gasteiger partial charge in [-0.3, -0.25) is 14.9 Å². The van der Waals surface area contributed by atoms with E-state index in [4.69, 9.17) is 9.47 Å². The highest BCUT2D eigenvalue weighted by atomic mass is 16.6. The van der Waals surface area contributed by atoms with Crippen LogP contribution >= 0.6 is 0 Å². The van der Waals surface area contributed by atoms with E-state index in [9.17, 15) is 14.9 Å². The fourth-order valence-electron chi connectivity index (χ4n) is 2.30. The fourth-order valence-corrected chi connectivity index (χ4v) is 2.30. The molecule has 0 aromatic heterocycles. The van der Waals surface area contributed by atoms with Crippen LogP contribution in [0.25, 0.3) is 0 Å². The molecule has 0 amide bonds. The van der Waals surface area contributed by atoms with Crippen molar-refractivity contribution in [2.45, 2.75) is 6.92 Å². The molecule has 0 spiro atoms. The molecular weight excluding hydrogens is 324 g/mol. The minimum atomic E-state index is -0.484. The molecule has 0 N–H and O–H groups in total. The zero-order valence-corrected chi connectivity index (χ0v) is 14.4. The van der Waals surface area contributed by atoms with Gasteiger partial charge in [-0.1, -0.05) is 0 Å². The Hall–Kier alpha value is -3.09. The Kier molecular flexibility index (Phi) is 5.94. The lowest BCUT2D eigenvalue weighted by molar-refractivity contribution is -0.384. The Morgan fingerprint density at radius 1 is 1.16 bits per heavy atom. The predicted molar refractivity (Wildman–Crippen MR) is 94.9 cm³/mol. The van der Waals surface area contributed by atoms with E-state index in [1.807, 2.05) is 0 Å². The second kappa shape index (κ2) is 8.14. The molecule has 2 aromatic carbocycles. The molecule has 7 heteroatoms. The molecule has 0 aliphatic rings. The van der Waals surface area contributed by atoms with Crippen LogP contribution in [0.3, 0.4) is 0 Å². The molecule has 2 rings (SSSR count). The summed E-state index contributed by atoms with van der Waals surface area (Å²) in [7, 11) is 3.34. The molecule has 0 atom stereocenters. The Bertz CT molecular complexity index is 759. The minimum absolute atomic E-state index is 0.0975. The van der Waals surface area contributed by atoms with Crippen molar-refractivity contribution in [1.82, 2.24) is 0 Å². The number of benzene rings is 2. The number of nitro benzene ring substituents is 1. The highest BCUT2D eigenvalue weighted by Gasteiger charge is 2.19. The summed E-state index contributed by atoms with van der Waals surface area (Å²) in [5.74, 6) is 1.22. The van der Waals surface area contributed by atoms with Crippen LogP contribution in [-0.4, -0.2) is 38.0 Å². The van der Waals surface area contributed by atoms with Crippen molar-refractivity contribution in [3.05, 3.63) is 58.1 Å². The van der Waals surface area contributed by atoms with Gasteiger partial charge in [-0.05, 0) is 43.3 Å². The Morgan fingerprint density at radius 3 is 2.36 bits per heavy atom. The number of ether oxygens (including phenoxy) is 2. The Balaban J connectivity index is 2.03. The first-order valence-electron chi connectivity index (χ1n) is 7.69. The lowest BCUT2D eigenvalue weighted by atomic mass is 10.1. The number of nitrogens with zero attached hydrogens (tertiary/aromatic N) is 2. The van der Waals surface area contributed by atoms with Gasteiger partial charge in [0, 0.05) is 18.7 Å². The van der Waals surface area contributed by atoms with Gasteiger partial charge in [0.2, 0.25) is 0 Å². The second-order valence-electron chi connectivity index (χ2n) is 5.46. The number of Topliss-reactive ketones (excluding diaryl/α,β-unsaturated/α-hetero) is 1. The van der Waals surface area contributed by atoms with E-state index >= 15 is 0 Å². The van der Waals surface area contributed by atoms with Crippen molar-refractivity contribution >= 4 is 17.2 Å². The third-order valence-corrected chi connectivity index (χ3v) is 3.74. The highest BCUT2D eigenvalue weighted by molar-refractivity contribution is 5.95. The van der Waals surface area contributed by atoms with Crippen molar-refractivity contribution < 1.29 is 19.2 Å². The topological polar surface area (TPSA) is 81.9 Å². The molecule has 0 heterocycles. The van der Waals surface area contributed by atoms with E-state index in [0.29, 0.717) is 30.2 Å². The molecule has 0 aliphatic carbocycles. The largest absolute Gasteiger partial charge is 0.497 e. The maximum Gasteiger partial charge on any atom is 0.293 e. The SMILES string of the molecule is COc1ccc(OCCN(C)c2ccc(C(C)=O)cc2[N+](=O)[O-])cc1. The summed E-state index contributed by atoms with van der Waals surface area (Å²) in [6.45, 7) is 2.19. The number of nitro groups is 1. The highest BCUT2D eigenvalue weighted by Crippen LogP contribution is 2.28. The van der Waals surface area contributed by atoms with Gasteiger partial charge in [0.25, 0.3) is 5.69 Å². The normalized spacial score (nSPS) is 10.2. The first-order chi connectivity index (χ1) is 11.9. The van der Waals surface area contributed by atoms with Crippen LogP contribution in [0.15, 0.2) is 42.5 Å². The van der Waals surface area contributed by atoms with Gasteiger partial charge in [-0.25, -0.2) is 0 Å². The molecule has 7 nitrogen and oxygen atoms in total. The smallest absolute Gasteiger partial charge is 0.293 e. The summed E-state index contributed by atoms with van der Waals surface area (Å²) < 4.78 is 10.7. The standard InChI is InChI=1S/C18H20N2O5/c1-13(21)14-4-9-17(18(12-14)20(22)23)19(2)10-11-25-16-7-5-15(24-3)6-8-16/h4-9,12H,10-11H2,1-3H3. The maximum atomic E-state index is 11.4. The molecule has 0 radical (unpaired) electrons. The summed E-state index contributed by atoms with van der Waals surface area (Å²) in [5, 5.41) is 11.3. The van der Waals surface area contributed by atoms with E-state index in [1.54, 1.807) is 55.5 Å². The number of carbonyl (C=O) groups excluding carboxylic acids is 1. The van der Waals surface area contributed by atoms with E-state index in [0.717, 1.165) is 5.75 Å². The summed E-state index contributed by atoms with van der Waals surface area (Å²) >= 11 is 0. The fraction of sp³-hybridized carbons (Fsp3) is 0.278. The number of methoxy groups -OCH3 is 1. The summed E-state index contributed by atoms with van der Waals surface area (Å²) in [4.78, 5) is 23.9. The molecule has 25 heavy (non-hydrogen) atoms. The first-order valence-corrected chi connectivity index (χ1v) is 7.69. The quantitative estimate of drug-likeness (QED) is 0.415. The lowest BCUT2D eigenvalue weighted by Gasteiger charge is -2.19. The monoisotopic (exact) mass is 344 g/mol. The van der Waals surface area contributed by atoms with Crippen LogP contribution in [0.4, 0.5) is 11.4 Å².